The molecule has 1 N–H and O–H groups in total. The summed E-state index contributed by atoms with van der Waals surface area (Å²) >= 11 is 0. The van der Waals surface area contributed by atoms with Crippen LogP contribution in [0.3, 0.4) is 0 Å². The van der Waals surface area contributed by atoms with Crippen LogP contribution in [0.4, 0.5) is 4.39 Å². The fraction of sp³-hybridized carbons (Fsp3) is 0.500. The van der Waals surface area contributed by atoms with Gasteiger partial charge in [0.05, 0.1) is 11.6 Å². The van der Waals surface area contributed by atoms with Gasteiger partial charge < -0.3 is 5.32 Å². The number of benzene rings is 1. The maximum atomic E-state index is 13.6. The van der Waals surface area contributed by atoms with Crippen molar-refractivity contribution < 1.29 is 9.18 Å². The van der Waals surface area contributed by atoms with E-state index in [1.807, 2.05) is 13.0 Å². The quantitative estimate of drug-likeness (QED) is 0.916. The van der Waals surface area contributed by atoms with E-state index < -0.39 is 5.82 Å². The molecule has 0 heterocycles. The number of hydrogen-bond donors (Lipinski definition) is 1. The van der Waals surface area contributed by atoms with E-state index in [2.05, 4.69) is 26.1 Å². The number of nitrogens with one attached hydrogen (secondary N) is 1. The molecule has 0 saturated heterocycles. The Bertz CT molecular complexity index is 526. The SMILES string of the molecule is CC(CC(=O)NCc1ccc(C#N)cc1F)C(C)(C)C. The third-order valence-electron chi connectivity index (χ3n) is 3.63. The molecule has 3 nitrogen and oxygen atoms in total. The summed E-state index contributed by atoms with van der Waals surface area (Å²) in [6, 6.07) is 6.13. The summed E-state index contributed by atoms with van der Waals surface area (Å²) in [5.41, 5.74) is 0.733. The molecule has 0 fully saturated rings. The lowest BCUT2D eigenvalue weighted by atomic mass is 9.80. The Hall–Kier alpha value is -1.89. The largest absolute Gasteiger partial charge is 0.352 e. The molecule has 0 aliphatic heterocycles. The number of amides is 1. The highest BCUT2D eigenvalue weighted by molar-refractivity contribution is 5.76. The van der Waals surface area contributed by atoms with E-state index in [1.54, 1.807) is 6.07 Å². The van der Waals surface area contributed by atoms with Crippen molar-refractivity contribution in [3.63, 3.8) is 0 Å². The first-order valence-corrected chi connectivity index (χ1v) is 6.69. The van der Waals surface area contributed by atoms with Crippen molar-refractivity contribution in [2.75, 3.05) is 0 Å². The molecular formula is C16H21FN2O. The van der Waals surface area contributed by atoms with Gasteiger partial charge in [0.2, 0.25) is 5.91 Å². The number of carbonyl (C=O) groups is 1. The minimum Gasteiger partial charge on any atom is -0.352 e. The van der Waals surface area contributed by atoms with E-state index in [1.165, 1.54) is 12.1 Å². The van der Waals surface area contributed by atoms with Crippen molar-refractivity contribution in [2.24, 2.45) is 11.3 Å². The van der Waals surface area contributed by atoms with Crippen LogP contribution in [0.25, 0.3) is 0 Å². The third-order valence-corrected chi connectivity index (χ3v) is 3.63. The first-order chi connectivity index (χ1) is 9.24. The third kappa shape index (κ3) is 4.65. The van der Waals surface area contributed by atoms with Crippen molar-refractivity contribution in [2.45, 2.75) is 40.7 Å². The van der Waals surface area contributed by atoms with E-state index in [4.69, 9.17) is 5.26 Å². The Morgan fingerprint density at radius 3 is 2.60 bits per heavy atom. The fourth-order valence-corrected chi connectivity index (χ4v) is 1.61. The zero-order valence-electron chi connectivity index (χ0n) is 12.5. The Kier molecular flexibility index (Phi) is 5.26. The highest BCUT2D eigenvalue weighted by Gasteiger charge is 2.22. The summed E-state index contributed by atoms with van der Waals surface area (Å²) in [5, 5.41) is 11.4. The van der Waals surface area contributed by atoms with E-state index in [9.17, 15) is 9.18 Å². The topological polar surface area (TPSA) is 52.9 Å². The number of hydrogen-bond acceptors (Lipinski definition) is 2. The molecule has 0 bridgehead atoms. The molecule has 0 aromatic heterocycles. The molecule has 0 saturated carbocycles. The number of rotatable bonds is 4. The van der Waals surface area contributed by atoms with Crippen LogP contribution >= 0.6 is 0 Å². The van der Waals surface area contributed by atoms with E-state index in [0.29, 0.717) is 12.0 Å². The van der Waals surface area contributed by atoms with Crippen LogP contribution in [0.15, 0.2) is 18.2 Å². The van der Waals surface area contributed by atoms with Gasteiger partial charge in [-0.3, -0.25) is 4.79 Å². The summed E-state index contributed by atoms with van der Waals surface area (Å²) in [6.45, 7) is 8.44. The highest BCUT2D eigenvalue weighted by atomic mass is 19.1. The molecular weight excluding hydrogens is 255 g/mol. The van der Waals surface area contributed by atoms with Gasteiger partial charge in [-0.25, -0.2) is 4.39 Å². The average Bonchev–Trinajstić information content (AvgIpc) is 2.36. The van der Waals surface area contributed by atoms with Crippen LogP contribution in [0, 0.1) is 28.5 Å². The van der Waals surface area contributed by atoms with Crippen LogP contribution in [0.1, 0.15) is 45.2 Å². The molecule has 1 atom stereocenters. The first-order valence-electron chi connectivity index (χ1n) is 6.69. The van der Waals surface area contributed by atoms with Crippen molar-refractivity contribution >= 4 is 5.91 Å². The van der Waals surface area contributed by atoms with Gasteiger partial charge in [-0.2, -0.15) is 5.26 Å². The second kappa shape index (κ2) is 6.51. The Balaban J connectivity index is 2.56. The maximum absolute atomic E-state index is 13.6. The molecule has 1 rings (SSSR count). The second-order valence-corrected chi connectivity index (χ2v) is 6.17. The number of nitrogens with zero attached hydrogens (tertiary/aromatic N) is 1. The molecule has 1 aromatic carbocycles. The van der Waals surface area contributed by atoms with Gasteiger partial charge in [0, 0.05) is 18.5 Å². The number of carbonyl (C=O) groups excluding carboxylic acids is 1. The molecule has 1 amide bonds. The van der Waals surface area contributed by atoms with Crippen molar-refractivity contribution in [1.29, 1.82) is 5.26 Å². The lowest BCUT2D eigenvalue weighted by Gasteiger charge is -2.26. The number of nitriles is 1. The normalized spacial score (nSPS) is 12.6. The van der Waals surface area contributed by atoms with Crippen molar-refractivity contribution in [1.82, 2.24) is 5.32 Å². The van der Waals surface area contributed by atoms with Gasteiger partial charge in [0.15, 0.2) is 0 Å². The summed E-state index contributed by atoms with van der Waals surface area (Å²) in [6.07, 6.45) is 0.418. The van der Waals surface area contributed by atoms with Crippen LogP contribution < -0.4 is 5.32 Å². The van der Waals surface area contributed by atoms with Gasteiger partial charge in [-0.15, -0.1) is 0 Å². The van der Waals surface area contributed by atoms with Crippen LogP contribution in [0.2, 0.25) is 0 Å². The second-order valence-electron chi connectivity index (χ2n) is 6.17. The minimum absolute atomic E-state index is 0.0665. The Morgan fingerprint density at radius 2 is 2.10 bits per heavy atom. The van der Waals surface area contributed by atoms with Crippen molar-refractivity contribution in [3.05, 3.63) is 35.1 Å². The smallest absolute Gasteiger partial charge is 0.220 e. The molecule has 4 heteroatoms. The lowest BCUT2D eigenvalue weighted by Crippen LogP contribution is -2.29. The van der Waals surface area contributed by atoms with Gasteiger partial charge in [0.1, 0.15) is 5.82 Å². The fourth-order valence-electron chi connectivity index (χ4n) is 1.61. The summed E-state index contributed by atoms with van der Waals surface area (Å²) in [5.74, 6) is -0.308. The highest BCUT2D eigenvalue weighted by Crippen LogP contribution is 2.27. The van der Waals surface area contributed by atoms with Crippen molar-refractivity contribution in [3.8, 4) is 6.07 Å². The predicted molar refractivity (Wildman–Crippen MR) is 76.2 cm³/mol. The molecule has 0 radical (unpaired) electrons. The average molecular weight is 276 g/mol. The first kappa shape index (κ1) is 16.2. The van der Waals surface area contributed by atoms with E-state index in [0.717, 1.165) is 0 Å². The summed E-state index contributed by atoms with van der Waals surface area (Å²) < 4.78 is 13.6. The van der Waals surface area contributed by atoms with Gasteiger partial charge in [-0.1, -0.05) is 33.8 Å². The van der Waals surface area contributed by atoms with Gasteiger partial charge in [0.25, 0.3) is 0 Å². The molecule has 0 aliphatic carbocycles. The van der Waals surface area contributed by atoms with Gasteiger partial charge in [-0.05, 0) is 23.5 Å². The molecule has 20 heavy (non-hydrogen) atoms. The maximum Gasteiger partial charge on any atom is 0.220 e. The molecule has 108 valence electrons. The summed E-state index contributed by atoms with van der Waals surface area (Å²) in [4.78, 5) is 11.8. The lowest BCUT2D eigenvalue weighted by molar-refractivity contribution is -0.122. The Morgan fingerprint density at radius 1 is 1.45 bits per heavy atom. The predicted octanol–water partition coefficient (Wildman–Crippen LogP) is 3.39. The Labute approximate surface area is 119 Å². The minimum atomic E-state index is -0.465. The molecule has 1 aromatic rings. The number of halogens is 1. The van der Waals surface area contributed by atoms with Crippen LogP contribution in [-0.4, -0.2) is 5.91 Å². The monoisotopic (exact) mass is 276 g/mol. The standard InChI is InChI=1S/C16H21FN2O/c1-11(16(2,3)4)7-15(20)19-10-13-6-5-12(9-18)8-14(13)17/h5-6,8,11H,7,10H2,1-4H3,(H,19,20). The van der Waals surface area contributed by atoms with E-state index in [-0.39, 0.29) is 29.3 Å². The van der Waals surface area contributed by atoms with E-state index >= 15 is 0 Å². The zero-order chi connectivity index (χ0) is 15.3. The molecule has 0 spiro atoms. The van der Waals surface area contributed by atoms with Gasteiger partial charge >= 0.3 is 0 Å². The molecule has 0 aliphatic rings. The van der Waals surface area contributed by atoms with Crippen LogP contribution in [0.5, 0.6) is 0 Å². The van der Waals surface area contributed by atoms with Crippen LogP contribution in [-0.2, 0) is 11.3 Å². The zero-order valence-corrected chi connectivity index (χ0v) is 12.5. The summed E-state index contributed by atoms with van der Waals surface area (Å²) in [7, 11) is 0. The molecule has 1 unspecified atom stereocenters.